The topological polar surface area (TPSA) is 90.0 Å². The number of nitrogens with zero attached hydrogens (tertiary/aromatic N) is 3. The summed E-state index contributed by atoms with van der Waals surface area (Å²) in [6.45, 7) is 0.204. The summed E-state index contributed by atoms with van der Waals surface area (Å²) in [7, 11) is 1.82. The lowest BCUT2D eigenvalue weighted by Crippen LogP contribution is -2.24. The standard InChI is InChI=1S/C20H16N4O3/c1-24-16(15-7-4-5-9-21-15)10-13(23-24)12-22-20(26)19-11-17(25)14-6-2-3-8-18(14)27-19/h2-11H,12H2,1H3,(H,22,26). The average molecular weight is 360 g/mol. The quantitative estimate of drug-likeness (QED) is 0.604. The van der Waals surface area contributed by atoms with Crippen molar-refractivity contribution in [2.45, 2.75) is 6.54 Å². The van der Waals surface area contributed by atoms with Gasteiger partial charge in [0, 0.05) is 19.3 Å². The molecule has 0 saturated carbocycles. The summed E-state index contributed by atoms with van der Waals surface area (Å²) >= 11 is 0. The summed E-state index contributed by atoms with van der Waals surface area (Å²) in [6, 6.07) is 15.5. The van der Waals surface area contributed by atoms with Crippen molar-refractivity contribution in [3.63, 3.8) is 0 Å². The summed E-state index contributed by atoms with van der Waals surface area (Å²) in [5.74, 6) is -0.498. The number of benzene rings is 1. The molecule has 7 nitrogen and oxygen atoms in total. The van der Waals surface area contributed by atoms with E-state index in [9.17, 15) is 9.59 Å². The van der Waals surface area contributed by atoms with Crippen molar-refractivity contribution >= 4 is 16.9 Å². The first-order chi connectivity index (χ1) is 13.1. The fourth-order valence-corrected chi connectivity index (χ4v) is 2.84. The smallest absolute Gasteiger partial charge is 0.287 e. The molecule has 4 rings (SSSR count). The summed E-state index contributed by atoms with van der Waals surface area (Å²) in [5.41, 5.74) is 2.44. The second kappa shape index (κ2) is 6.87. The van der Waals surface area contributed by atoms with Gasteiger partial charge in [-0.2, -0.15) is 5.10 Å². The first-order valence-electron chi connectivity index (χ1n) is 8.37. The van der Waals surface area contributed by atoms with Crippen molar-refractivity contribution in [1.82, 2.24) is 20.1 Å². The molecule has 1 aromatic carbocycles. The molecule has 0 spiro atoms. The first kappa shape index (κ1) is 16.7. The Morgan fingerprint density at radius 3 is 2.78 bits per heavy atom. The maximum Gasteiger partial charge on any atom is 0.287 e. The van der Waals surface area contributed by atoms with Crippen molar-refractivity contribution in [3.05, 3.63) is 82.5 Å². The van der Waals surface area contributed by atoms with Crippen LogP contribution >= 0.6 is 0 Å². The minimum absolute atomic E-state index is 0.0282. The molecular formula is C20H16N4O3. The van der Waals surface area contributed by atoms with E-state index in [4.69, 9.17) is 4.42 Å². The lowest BCUT2D eigenvalue weighted by atomic mass is 10.2. The van der Waals surface area contributed by atoms with E-state index in [1.54, 1.807) is 35.1 Å². The molecule has 4 aromatic rings. The largest absolute Gasteiger partial charge is 0.451 e. The van der Waals surface area contributed by atoms with E-state index in [0.29, 0.717) is 16.7 Å². The van der Waals surface area contributed by atoms with Gasteiger partial charge in [-0.25, -0.2) is 0 Å². The normalized spacial score (nSPS) is 10.9. The monoisotopic (exact) mass is 360 g/mol. The molecule has 0 saturated heterocycles. The van der Waals surface area contributed by atoms with Gasteiger partial charge in [0.05, 0.1) is 29.0 Å². The van der Waals surface area contributed by atoms with Crippen LogP contribution in [-0.2, 0) is 13.6 Å². The Bertz CT molecular complexity index is 1180. The molecule has 1 N–H and O–H groups in total. The van der Waals surface area contributed by atoms with E-state index in [0.717, 1.165) is 11.4 Å². The first-order valence-corrected chi connectivity index (χ1v) is 8.37. The number of para-hydroxylation sites is 1. The molecule has 0 fully saturated rings. The van der Waals surface area contributed by atoms with Crippen LogP contribution in [0, 0.1) is 0 Å². The van der Waals surface area contributed by atoms with Crippen LogP contribution in [0.15, 0.2) is 70.0 Å². The van der Waals surface area contributed by atoms with Gasteiger partial charge < -0.3 is 9.73 Å². The molecule has 1 amide bonds. The Labute approximate surface area is 154 Å². The highest BCUT2D eigenvalue weighted by atomic mass is 16.3. The maximum atomic E-state index is 12.4. The van der Waals surface area contributed by atoms with E-state index >= 15 is 0 Å². The van der Waals surface area contributed by atoms with Crippen LogP contribution in [-0.4, -0.2) is 20.7 Å². The van der Waals surface area contributed by atoms with E-state index in [1.165, 1.54) is 6.07 Å². The van der Waals surface area contributed by atoms with Gasteiger partial charge in [0.2, 0.25) is 0 Å². The summed E-state index contributed by atoms with van der Waals surface area (Å²) in [4.78, 5) is 28.8. The van der Waals surface area contributed by atoms with Crippen LogP contribution in [0.5, 0.6) is 0 Å². The van der Waals surface area contributed by atoms with Gasteiger partial charge in [-0.3, -0.25) is 19.3 Å². The Kier molecular flexibility index (Phi) is 4.25. The van der Waals surface area contributed by atoms with Crippen molar-refractivity contribution < 1.29 is 9.21 Å². The van der Waals surface area contributed by atoms with Gasteiger partial charge in [-0.05, 0) is 30.3 Å². The number of rotatable bonds is 4. The third-order valence-electron chi connectivity index (χ3n) is 4.15. The molecular weight excluding hydrogens is 344 g/mol. The van der Waals surface area contributed by atoms with Crippen LogP contribution in [0.1, 0.15) is 16.2 Å². The number of amides is 1. The number of carbonyl (C=O) groups is 1. The maximum absolute atomic E-state index is 12.4. The second-order valence-electron chi connectivity index (χ2n) is 6.01. The highest BCUT2D eigenvalue weighted by Gasteiger charge is 2.14. The molecule has 0 aliphatic heterocycles. The second-order valence-corrected chi connectivity index (χ2v) is 6.01. The zero-order valence-corrected chi connectivity index (χ0v) is 14.5. The predicted molar refractivity (Wildman–Crippen MR) is 100 cm³/mol. The number of pyridine rings is 1. The van der Waals surface area contributed by atoms with E-state index in [-0.39, 0.29) is 17.7 Å². The highest BCUT2D eigenvalue weighted by molar-refractivity contribution is 5.93. The van der Waals surface area contributed by atoms with E-state index in [1.807, 2.05) is 31.3 Å². The van der Waals surface area contributed by atoms with Gasteiger partial charge in [-0.1, -0.05) is 18.2 Å². The Morgan fingerprint density at radius 1 is 1.15 bits per heavy atom. The Hall–Kier alpha value is -3.74. The summed E-state index contributed by atoms with van der Waals surface area (Å²) in [5, 5.41) is 7.56. The van der Waals surface area contributed by atoms with Gasteiger partial charge in [0.25, 0.3) is 5.91 Å². The van der Waals surface area contributed by atoms with Gasteiger partial charge >= 0.3 is 0 Å². The van der Waals surface area contributed by atoms with Crippen LogP contribution in [0.4, 0.5) is 0 Å². The van der Waals surface area contributed by atoms with E-state index < -0.39 is 5.91 Å². The third kappa shape index (κ3) is 3.35. The summed E-state index contributed by atoms with van der Waals surface area (Å²) in [6.07, 6.45) is 1.71. The van der Waals surface area contributed by atoms with Gasteiger partial charge in [0.15, 0.2) is 11.2 Å². The van der Waals surface area contributed by atoms with Crippen LogP contribution in [0.2, 0.25) is 0 Å². The predicted octanol–water partition coefficient (Wildman–Crippen LogP) is 2.52. The average Bonchev–Trinajstić information content (AvgIpc) is 3.07. The van der Waals surface area contributed by atoms with Crippen LogP contribution in [0.3, 0.4) is 0 Å². The summed E-state index contributed by atoms with van der Waals surface area (Å²) < 4.78 is 7.25. The number of carbonyl (C=O) groups excluding carboxylic acids is 1. The highest BCUT2D eigenvalue weighted by Crippen LogP contribution is 2.17. The van der Waals surface area contributed by atoms with Crippen LogP contribution in [0.25, 0.3) is 22.4 Å². The molecule has 0 aliphatic rings. The number of hydrogen-bond acceptors (Lipinski definition) is 5. The van der Waals surface area contributed by atoms with Crippen LogP contribution < -0.4 is 10.7 Å². The number of aromatic nitrogens is 3. The number of fused-ring (bicyclic) bond motifs is 1. The molecule has 134 valence electrons. The molecule has 7 heteroatoms. The molecule has 0 radical (unpaired) electrons. The van der Waals surface area contributed by atoms with Crippen molar-refractivity contribution in [2.24, 2.45) is 7.05 Å². The number of hydrogen-bond donors (Lipinski definition) is 1. The Morgan fingerprint density at radius 2 is 1.96 bits per heavy atom. The van der Waals surface area contributed by atoms with Gasteiger partial charge in [0.1, 0.15) is 5.58 Å². The zero-order chi connectivity index (χ0) is 18.8. The van der Waals surface area contributed by atoms with E-state index in [2.05, 4.69) is 15.4 Å². The fourth-order valence-electron chi connectivity index (χ4n) is 2.84. The SMILES string of the molecule is Cn1nc(CNC(=O)c2cc(=O)c3ccccc3o2)cc1-c1ccccn1. The molecule has 0 aliphatic carbocycles. The molecule has 27 heavy (non-hydrogen) atoms. The molecule has 0 atom stereocenters. The van der Waals surface area contributed by atoms with Crippen molar-refractivity contribution in [3.8, 4) is 11.4 Å². The van der Waals surface area contributed by atoms with Crippen molar-refractivity contribution in [2.75, 3.05) is 0 Å². The molecule has 0 bridgehead atoms. The minimum atomic E-state index is -0.470. The fraction of sp³-hybridized carbons (Fsp3) is 0.100. The number of aryl methyl sites for hydroxylation is 1. The number of nitrogens with one attached hydrogen (secondary N) is 1. The van der Waals surface area contributed by atoms with Gasteiger partial charge in [-0.15, -0.1) is 0 Å². The molecule has 3 aromatic heterocycles. The minimum Gasteiger partial charge on any atom is -0.451 e. The zero-order valence-electron chi connectivity index (χ0n) is 14.5. The molecule has 3 heterocycles. The Balaban J connectivity index is 1.53. The molecule has 0 unspecified atom stereocenters. The third-order valence-corrected chi connectivity index (χ3v) is 4.15. The van der Waals surface area contributed by atoms with Crippen molar-refractivity contribution in [1.29, 1.82) is 0 Å². The lowest BCUT2D eigenvalue weighted by molar-refractivity contribution is 0.0923. The lowest BCUT2D eigenvalue weighted by Gasteiger charge is -2.03.